The van der Waals surface area contributed by atoms with E-state index < -0.39 is 6.04 Å². The second-order valence-electron chi connectivity index (χ2n) is 6.74. The van der Waals surface area contributed by atoms with Gasteiger partial charge in [-0.15, -0.1) is 0 Å². The minimum absolute atomic E-state index is 0.0868. The fourth-order valence-electron chi connectivity index (χ4n) is 2.40. The van der Waals surface area contributed by atoms with Gasteiger partial charge in [-0.05, 0) is 33.1 Å². The van der Waals surface area contributed by atoms with Crippen molar-refractivity contribution in [2.45, 2.75) is 52.2 Å². The lowest BCUT2D eigenvalue weighted by Gasteiger charge is -2.27. The van der Waals surface area contributed by atoms with E-state index in [1.807, 2.05) is 27.7 Å². The Kier molecular flexibility index (Phi) is 4.68. The molecule has 2 atom stereocenters. The highest BCUT2D eigenvalue weighted by molar-refractivity contribution is 5.98. The molecule has 2 heterocycles. The topological polar surface area (TPSA) is 80.3 Å². The molecule has 1 aliphatic heterocycles. The summed E-state index contributed by atoms with van der Waals surface area (Å²) < 4.78 is 5.82. The van der Waals surface area contributed by atoms with Gasteiger partial charge in [-0.1, -0.05) is 6.92 Å². The number of carbonyl (C=O) groups is 2. The largest absolute Gasteiger partial charge is 0.486 e. The molecule has 1 aromatic rings. The molecule has 0 aliphatic carbocycles. The first-order chi connectivity index (χ1) is 10.2. The zero-order valence-electron chi connectivity index (χ0n) is 13.5. The van der Waals surface area contributed by atoms with Crippen LogP contribution in [0, 0.1) is 5.92 Å². The van der Waals surface area contributed by atoms with E-state index in [1.54, 1.807) is 18.5 Å². The molecule has 0 unspecified atom stereocenters. The second-order valence-corrected chi connectivity index (χ2v) is 6.74. The molecule has 6 nitrogen and oxygen atoms in total. The van der Waals surface area contributed by atoms with Crippen molar-refractivity contribution < 1.29 is 14.3 Å². The maximum atomic E-state index is 12.4. The SMILES string of the molecule is C[C@@H]1CC(=O)N[C@H](C(=O)Nc2cnccc2OC(C)(C)C)C1. The Balaban J connectivity index is 2.10. The van der Waals surface area contributed by atoms with Crippen molar-refractivity contribution in [3.05, 3.63) is 18.5 Å². The van der Waals surface area contributed by atoms with Gasteiger partial charge in [-0.25, -0.2) is 0 Å². The lowest BCUT2D eigenvalue weighted by Crippen LogP contribution is -2.48. The number of piperidine rings is 1. The average molecular weight is 305 g/mol. The zero-order chi connectivity index (χ0) is 16.3. The van der Waals surface area contributed by atoms with Crippen LogP contribution in [0.5, 0.6) is 5.75 Å². The Morgan fingerprint density at radius 2 is 2.18 bits per heavy atom. The van der Waals surface area contributed by atoms with Gasteiger partial charge in [0.1, 0.15) is 23.1 Å². The maximum Gasteiger partial charge on any atom is 0.247 e. The van der Waals surface area contributed by atoms with Gasteiger partial charge in [0.05, 0.1) is 6.20 Å². The van der Waals surface area contributed by atoms with Crippen LogP contribution in [0.25, 0.3) is 0 Å². The van der Waals surface area contributed by atoms with Crippen molar-refractivity contribution >= 4 is 17.5 Å². The van der Waals surface area contributed by atoms with E-state index in [9.17, 15) is 9.59 Å². The number of carbonyl (C=O) groups excluding carboxylic acids is 2. The summed E-state index contributed by atoms with van der Waals surface area (Å²) in [5.41, 5.74) is 0.129. The van der Waals surface area contributed by atoms with Gasteiger partial charge in [-0.3, -0.25) is 14.6 Å². The van der Waals surface area contributed by atoms with Crippen molar-refractivity contribution in [3.63, 3.8) is 0 Å². The summed E-state index contributed by atoms with van der Waals surface area (Å²) in [5.74, 6) is 0.428. The number of nitrogens with one attached hydrogen (secondary N) is 2. The summed E-state index contributed by atoms with van der Waals surface area (Å²) in [5, 5.41) is 5.53. The first-order valence-electron chi connectivity index (χ1n) is 7.48. The van der Waals surface area contributed by atoms with Gasteiger partial charge >= 0.3 is 0 Å². The number of ether oxygens (including phenoxy) is 1. The molecule has 0 aromatic carbocycles. The van der Waals surface area contributed by atoms with Gasteiger partial charge in [-0.2, -0.15) is 0 Å². The summed E-state index contributed by atoms with van der Waals surface area (Å²) in [6, 6.07) is 1.20. The minimum atomic E-state index is -0.515. The van der Waals surface area contributed by atoms with E-state index in [0.717, 1.165) is 0 Å². The molecule has 22 heavy (non-hydrogen) atoms. The summed E-state index contributed by atoms with van der Waals surface area (Å²) in [4.78, 5) is 28.0. The normalized spacial score (nSPS) is 21.9. The number of nitrogens with zero attached hydrogens (tertiary/aromatic N) is 1. The molecule has 1 saturated heterocycles. The van der Waals surface area contributed by atoms with Crippen LogP contribution in [0.2, 0.25) is 0 Å². The predicted octanol–water partition coefficient (Wildman–Crippen LogP) is 2.11. The third kappa shape index (κ3) is 4.44. The standard InChI is InChI=1S/C16H23N3O3/c1-10-7-11(18-14(20)8-10)15(21)19-12-9-17-6-5-13(12)22-16(2,3)4/h5-6,9-11H,7-8H2,1-4H3,(H,18,20)(H,19,21)/t10-,11-/m0/s1. The summed E-state index contributed by atoms with van der Waals surface area (Å²) in [7, 11) is 0. The molecule has 2 N–H and O–H groups in total. The highest BCUT2D eigenvalue weighted by Crippen LogP contribution is 2.27. The van der Waals surface area contributed by atoms with Crippen molar-refractivity contribution in [1.29, 1.82) is 0 Å². The molecule has 0 bridgehead atoms. The van der Waals surface area contributed by atoms with Crippen LogP contribution < -0.4 is 15.4 Å². The van der Waals surface area contributed by atoms with E-state index in [-0.39, 0.29) is 23.3 Å². The van der Waals surface area contributed by atoms with E-state index >= 15 is 0 Å². The Morgan fingerprint density at radius 1 is 1.45 bits per heavy atom. The lowest BCUT2D eigenvalue weighted by molar-refractivity contribution is -0.129. The van der Waals surface area contributed by atoms with Crippen LogP contribution in [-0.2, 0) is 9.59 Å². The molecule has 1 aliphatic rings. The Hall–Kier alpha value is -2.11. The highest BCUT2D eigenvalue weighted by atomic mass is 16.5. The van der Waals surface area contributed by atoms with Gasteiger partial charge in [0.15, 0.2) is 0 Å². The van der Waals surface area contributed by atoms with Crippen LogP contribution in [0.4, 0.5) is 5.69 Å². The maximum absolute atomic E-state index is 12.4. The number of amides is 2. The van der Waals surface area contributed by atoms with E-state index in [0.29, 0.717) is 24.3 Å². The van der Waals surface area contributed by atoms with Gasteiger partial charge < -0.3 is 15.4 Å². The third-order valence-electron chi connectivity index (χ3n) is 3.28. The van der Waals surface area contributed by atoms with Crippen molar-refractivity contribution in [3.8, 4) is 5.75 Å². The molecule has 2 rings (SSSR count). The fourth-order valence-corrected chi connectivity index (χ4v) is 2.40. The minimum Gasteiger partial charge on any atom is -0.486 e. The summed E-state index contributed by atoms with van der Waals surface area (Å²) >= 11 is 0. The first-order valence-corrected chi connectivity index (χ1v) is 7.48. The molecule has 1 fully saturated rings. The molecular weight excluding hydrogens is 282 g/mol. The smallest absolute Gasteiger partial charge is 0.247 e. The highest BCUT2D eigenvalue weighted by Gasteiger charge is 2.29. The van der Waals surface area contributed by atoms with Gasteiger partial charge in [0.2, 0.25) is 11.8 Å². The van der Waals surface area contributed by atoms with Crippen LogP contribution in [0.3, 0.4) is 0 Å². The quantitative estimate of drug-likeness (QED) is 0.896. The van der Waals surface area contributed by atoms with Crippen molar-refractivity contribution in [1.82, 2.24) is 10.3 Å². The Morgan fingerprint density at radius 3 is 2.82 bits per heavy atom. The second kappa shape index (κ2) is 6.34. The predicted molar refractivity (Wildman–Crippen MR) is 83.6 cm³/mol. The Bertz CT molecular complexity index is 566. The number of pyridine rings is 1. The molecule has 1 aromatic heterocycles. The average Bonchev–Trinajstić information content (AvgIpc) is 2.38. The van der Waals surface area contributed by atoms with Crippen LogP contribution in [-0.4, -0.2) is 28.4 Å². The number of hydrogen-bond acceptors (Lipinski definition) is 4. The molecule has 120 valence electrons. The first kappa shape index (κ1) is 16.3. The van der Waals surface area contributed by atoms with E-state index in [2.05, 4.69) is 15.6 Å². The third-order valence-corrected chi connectivity index (χ3v) is 3.28. The molecule has 2 amide bonds. The number of hydrogen-bond donors (Lipinski definition) is 2. The van der Waals surface area contributed by atoms with Crippen LogP contribution in [0.1, 0.15) is 40.5 Å². The van der Waals surface area contributed by atoms with E-state index in [1.165, 1.54) is 0 Å². The van der Waals surface area contributed by atoms with Gasteiger partial charge in [0.25, 0.3) is 0 Å². The van der Waals surface area contributed by atoms with Crippen LogP contribution >= 0.6 is 0 Å². The molecule has 0 spiro atoms. The van der Waals surface area contributed by atoms with Crippen LogP contribution in [0.15, 0.2) is 18.5 Å². The van der Waals surface area contributed by atoms with Crippen molar-refractivity contribution in [2.24, 2.45) is 5.92 Å². The monoisotopic (exact) mass is 305 g/mol. The van der Waals surface area contributed by atoms with Crippen molar-refractivity contribution in [2.75, 3.05) is 5.32 Å². The molecule has 0 saturated carbocycles. The molecule has 6 heteroatoms. The Labute approximate surface area is 130 Å². The zero-order valence-corrected chi connectivity index (χ0v) is 13.5. The summed E-state index contributed by atoms with van der Waals surface area (Å²) in [6.45, 7) is 7.77. The number of rotatable bonds is 3. The summed E-state index contributed by atoms with van der Waals surface area (Å²) in [6.07, 6.45) is 4.26. The molecule has 0 radical (unpaired) electrons. The fraction of sp³-hybridized carbons (Fsp3) is 0.562. The molecular formula is C16H23N3O3. The lowest BCUT2D eigenvalue weighted by atomic mass is 9.93. The number of anilines is 1. The van der Waals surface area contributed by atoms with E-state index in [4.69, 9.17) is 4.74 Å². The number of aromatic nitrogens is 1. The van der Waals surface area contributed by atoms with Gasteiger partial charge in [0, 0.05) is 18.7 Å².